The van der Waals surface area contributed by atoms with Crippen LogP contribution in [0.3, 0.4) is 0 Å². The largest absolute Gasteiger partial charge is 0.445 e. The smallest absolute Gasteiger partial charge is 0.410 e. The van der Waals surface area contributed by atoms with E-state index < -0.39 is 39.1 Å². The Morgan fingerprint density at radius 1 is 1.21 bits per heavy atom. The molecule has 0 aliphatic carbocycles. The fraction of sp³-hybridized carbons (Fsp3) is 0.579. The number of nitrogens with zero attached hydrogens (tertiary/aromatic N) is 1. The minimum absolute atomic E-state index is 0.0665. The minimum atomic E-state index is -3.31. The number of likely N-dealkylation sites (tertiary alicyclic amines) is 1. The van der Waals surface area contributed by atoms with Crippen molar-refractivity contribution in [3.63, 3.8) is 0 Å². The Bertz CT molecular complexity index is 841. The lowest BCUT2D eigenvalue weighted by molar-refractivity contribution is -0.0337. The van der Waals surface area contributed by atoms with Gasteiger partial charge in [-0.3, -0.25) is 0 Å². The highest BCUT2D eigenvalue weighted by atomic mass is 32.2. The molecule has 28 heavy (non-hydrogen) atoms. The van der Waals surface area contributed by atoms with E-state index in [1.807, 2.05) is 30.3 Å². The van der Waals surface area contributed by atoms with E-state index in [9.17, 15) is 18.0 Å². The monoisotopic (exact) mass is 410 g/mol. The van der Waals surface area contributed by atoms with Crippen molar-refractivity contribution in [1.29, 1.82) is 0 Å². The van der Waals surface area contributed by atoms with Crippen molar-refractivity contribution in [1.82, 2.24) is 10.2 Å². The molecule has 1 spiro atoms. The molecule has 154 valence electrons. The summed E-state index contributed by atoms with van der Waals surface area (Å²) in [5.74, 6) is -0.224. The molecule has 1 unspecified atom stereocenters. The second-order valence-corrected chi connectivity index (χ2v) is 10.6. The van der Waals surface area contributed by atoms with Crippen LogP contribution in [-0.2, 0) is 25.9 Å². The summed E-state index contributed by atoms with van der Waals surface area (Å²) in [4.78, 5) is 25.8. The van der Waals surface area contributed by atoms with E-state index in [1.54, 1.807) is 20.8 Å². The molecule has 2 aliphatic heterocycles. The molecule has 8 nitrogen and oxygen atoms in total. The zero-order chi connectivity index (χ0) is 20.6. The quantitative estimate of drug-likeness (QED) is 0.817. The summed E-state index contributed by atoms with van der Waals surface area (Å²) in [6, 6.07) is 8.62. The molecule has 1 aromatic rings. The first-order valence-corrected chi connectivity index (χ1v) is 11.0. The van der Waals surface area contributed by atoms with Gasteiger partial charge in [0.1, 0.15) is 12.2 Å². The van der Waals surface area contributed by atoms with Gasteiger partial charge in [-0.2, -0.15) is 0 Å². The summed E-state index contributed by atoms with van der Waals surface area (Å²) >= 11 is 0. The third kappa shape index (κ3) is 4.76. The number of hydrogen-bond acceptors (Lipinski definition) is 6. The predicted molar refractivity (Wildman–Crippen MR) is 102 cm³/mol. The number of rotatable bonds is 3. The van der Waals surface area contributed by atoms with Crippen LogP contribution in [0.4, 0.5) is 9.59 Å². The number of amides is 2. The van der Waals surface area contributed by atoms with Crippen molar-refractivity contribution >= 4 is 22.0 Å². The van der Waals surface area contributed by atoms with Gasteiger partial charge in [-0.1, -0.05) is 30.3 Å². The van der Waals surface area contributed by atoms with Crippen LogP contribution in [0.1, 0.15) is 26.3 Å². The first kappa shape index (κ1) is 20.4. The molecule has 2 heterocycles. The van der Waals surface area contributed by atoms with Crippen LogP contribution in [0.25, 0.3) is 0 Å². The van der Waals surface area contributed by atoms with Gasteiger partial charge in [0.25, 0.3) is 0 Å². The Labute approximate surface area is 165 Å². The molecule has 1 atom stereocenters. The zero-order valence-corrected chi connectivity index (χ0v) is 17.1. The number of carbonyl (C=O) groups is 2. The van der Waals surface area contributed by atoms with Gasteiger partial charge in [0, 0.05) is 18.5 Å². The Morgan fingerprint density at radius 2 is 1.86 bits per heavy atom. The fourth-order valence-electron chi connectivity index (χ4n) is 3.61. The van der Waals surface area contributed by atoms with Crippen LogP contribution >= 0.6 is 0 Å². The van der Waals surface area contributed by atoms with Gasteiger partial charge in [0.05, 0.1) is 17.5 Å². The normalized spacial score (nSPS) is 22.4. The van der Waals surface area contributed by atoms with Gasteiger partial charge in [0.15, 0.2) is 9.84 Å². The molecular formula is C19H26N2O6S. The van der Waals surface area contributed by atoms with Crippen molar-refractivity contribution in [2.45, 2.75) is 39.0 Å². The Kier molecular flexibility index (Phi) is 5.31. The number of sulfone groups is 1. The molecule has 2 aliphatic rings. The molecule has 1 aromatic carbocycles. The number of nitrogens with one attached hydrogen (secondary N) is 1. The van der Waals surface area contributed by atoms with Gasteiger partial charge in [-0.05, 0) is 26.3 Å². The van der Waals surface area contributed by atoms with Crippen LogP contribution in [0.2, 0.25) is 0 Å². The Morgan fingerprint density at radius 3 is 2.46 bits per heavy atom. The van der Waals surface area contributed by atoms with E-state index >= 15 is 0 Å². The summed E-state index contributed by atoms with van der Waals surface area (Å²) in [6.07, 6.45) is -1.14. The van der Waals surface area contributed by atoms with Crippen molar-refractivity contribution < 1.29 is 27.5 Å². The van der Waals surface area contributed by atoms with Crippen LogP contribution < -0.4 is 5.32 Å². The van der Waals surface area contributed by atoms with Gasteiger partial charge in [-0.25, -0.2) is 18.0 Å². The third-order valence-corrected chi connectivity index (χ3v) is 6.69. The lowest BCUT2D eigenvalue weighted by Gasteiger charge is -2.50. The minimum Gasteiger partial charge on any atom is -0.445 e. The average Bonchev–Trinajstić information content (AvgIpc) is 2.81. The van der Waals surface area contributed by atoms with Gasteiger partial charge in [-0.15, -0.1) is 0 Å². The molecule has 2 fully saturated rings. The summed E-state index contributed by atoms with van der Waals surface area (Å²) in [5, 5.41) is 2.69. The first-order valence-electron chi connectivity index (χ1n) is 9.14. The van der Waals surface area contributed by atoms with Crippen molar-refractivity contribution in [2.24, 2.45) is 5.41 Å². The number of benzene rings is 1. The van der Waals surface area contributed by atoms with Crippen LogP contribution in [0.5, 0.6) is 0 Å². The Hall–Kier alpha value is -2.29. The third-order valence-electron chi connectivity index (χ3n) is 4.84. The highest BCUT2D eigenvalue weighted by molar-refractivity contribution is 7.91. The van der Waals surface area contributed by atoms with Gasteiger partial charge < -0.3 is 19.7 Å². The molecule has 1 N–H and O–H groups in total. The highest BCUT2D eigenvalue weighted by Crippen LogP contribution is 2.41. The standard InChI is InChI=1S/C19H26N2O6S/c1-18(2,3)27-17(23)21-11-19(12-21)13-28(24,25)10-15(19)20-16(22)26-9-14-7-5-4-6-8-14/h4-8,15H,9-13H2,1-3H3,(H,20,22). The number of hydrogen-bond donors (Lipinski definition) is 1. The maximum atomic E-state index is 12.2. The van der Waals surface area contributed by atoms with E-state index in [0.717, 1.165) is 5.56 Å². The topological polar surface area (TPSA) is 102 Å². The predicted octanol–water partition coefficient (Wildman–Crippen LogP) is 1.95. The summed E-state index contributed by atoms with van der Waals surface area (Å²) < 4.78 is 34.9. The van der Waals surface area contributed by atoms with Gasteiger partial charge >= 0.3 is 12.2 Å². The maximum Gasteiger partial charge on any atom is 0.410 e. The van der Waals surface area contributed by atoms with E-state index in [2.05, 4.69) is 5.32 Å². The second kappa shape index (κ2) is 7.27. The number of alkyl carbamates (subject to hydrolysis) is 1. The molecule has 0 bridgehead atoms. The zero-order valence-electron chi connectivity index (χ0n) is 16.3. The molecule has 3 rings (SSSR count). The SMILES string of the molecule is CC(C)(C)OC(=O)N1CC2(C1)CS(=O)(=O)CC2NC(=O)OCc1ccccc1. The second-order valence-electron chi connectivity index (χ2n) is 8.51. The Balaban J connectivity index is 1.59. The molecule has 2 amide bonds. The van der Waals surface area contributed by atoms with Crippen molar-refractivity contribution in [3.8, 4) is 0 Å². The van der Waals surface area contributed by atoms with E-state index in [-0.39, 0.29) is 31.2 Å². The van der Waals surface area contributed by atoms with Crippen molar-refractivity contribution in [2.75, 3.05) is 24.6 Å². The van der Waals surface area contributed by atoms with E-state index in [4.69, 9.17) is 9.47 Å². The lowest BCUT2D eigenvalue weighted by Crippen LogP contribution is -2.67. The fourth-order valence-corrected chi connectivity index (χ4v) is 5.93. The van der Waals surface area contributed by atoms with E-state index in [1.165, 1.54) is 4.90 Å². The van der Waals surface area contributed by atoms with Crippen LogP contribution in [0.15, 0.2) is 30.3 Å². The molecular weight excluding hydrogens is 384 g/mol. The number of ether oxygens (including phenoxy) is 2. The average molecular weight is 410 g/mol. The summed E-state index contributed by atoms with van der Waals surface area (Å²) in [5.41, 5.74) is -0.478. The molecule has 0 aromatic heterocycles. The summed E-state index contributed by atoms with van der Waals surface area (Å²) in [6.45, 7) is 5.87. The van der Waals surface area contributed by atoms with Crippen LogP contribution in [-0.4, -0.2) is 61.7 Å². The van der Waals surface area contributed by atoms with Crippen LogP contribution in [0, 0.1) is 5.41 Å². The molecule has 0 radical (unpaired) electrons. The van der Waals surface area contributed by atoms with E-state index in [0.29, 0.717) is 0 Å². The molecule has 9 heteroatoms. The highest BCUT2D eigenvalue weighted by Gasteiger charge is 2.59. The summed E-state index contributed by atoms with van der Waals surface area (Å²) in [7, 11) is -3.31. The van der Waals surface area contributed by atoms with Crippen molar-refractivity contribution in [3.05, 3.63) is 35.9 Å². The van der Waals surface area contributed by atoms with Gasteiger partial charge in [0.2, 0.25) is 0 Å². The molecule has 0 saturated carbocycles. The molecule has 2 saturated heterocycles. The first-order chi connectivity index (χ1) is 13.0. The maximum absolute atomic E-state index is 12.2. The lowest BCUT2D eigenvalue weighted by atomic mass is 9.76. The number of carbonyl (C=O) groups excluding carboxylic acids is 2.